The minimum atomic E-state index is -1.01. The Balaban J connectivity index is 1.43. The molecule has 2 atom stereocenters. The summed E-state index contributed by atoms with van der Waals surface area (Å²) >= 11 is 6.04. The Labute approximate surface area is 208 Å². The summed E-state index contributed by atoms with van der Waals surface area (Å²) < 4.78 is 13.1. The number of hydrogen-bond acceptors (Lipinski definition) is 4. The summed E-state index contributed by atoms with van der Waals surface area (Å²) in [6.45, 7) is 3.67. The number of rotatable bonds is 5. The SMILES string of the molecule is CCN(C(=O)O)[C@@H]1CN(C(=O)C2CCN(C(=O)c3ccc(F)cn3)CC2)C[C@H]1c1ccc(Cl)cc1. The highest BCUT2D eigenvalue weighted by molar-refractivity contribution is 6.30. The number of likely N-dealkylation sites (N-methyl/N-ethyl adjacent to an activating group) is 1. The van der Waals surface area contributed by atoms with Crippen LogP contribution < -0.4 is 0 Å². The van der Waals surface area contributed by atoms with Crippen LogP contribution in [0.3, 0.4) is 0 Å². The molecular weight excluding hydrogens is 475 g/mol. The first-order valence-corrected chi connectivity index (χ1v) is 12.1. The zero-order valence-electron chi connectivity index (χ0n) is 19.4. The van der Waals surface area contributed by atoms with Crippen LogP contribution in [-0.2, 0) is 4.79 Å². The minimum Gasteiger partial charge on any atom is -0.465 e. The second-order valence-corrected chi connectivity index (χ2v) is 9.40. The average Bonchev–Trinajstić information content (AvgIpc) is 3.29. The molecule has 35 heavy (non-hydrogen) atoms. The summed E-state index contributed by atoms with van der Waals surface area (Å²) in [4.78, 5) is 46.6. The van der Waals surface area contributed by atoms with E-state index in [1.165, 1.54) is 17.0 Å². The van der Waals surface area contributed by atoms with Crippen LogP contribution in [-0.4, -0.2) is 81.5 Å². The van der Waals surface area contributed by atoms with Crippen LogP contribution in [0.25, 0.3) is 0 Å². The van der Waals surface area contributed by atoms with E-state index >= 15 is 0 Å². The van der Waals surface area contributed by atoms with Crippen molar-refractivity contribution in [2.45, 2.75) is 31.7 Å². The fourth-order valence-corrected chi connectivity index (χ4v) is 5.21. The Morgan fingerprint density at radius 2 is 1.77 bits per heavy atom. The van der Waals surface area contributed by atoms with Crippen molar-refractivity contribution in [2.24, 2.45) is 5.92 Å². The highest BCUT2D eigenvalue weighted by Crippen LogP contribution is 2.34. The number of nitrogens with zero attached hydrogens (tertiary/aromatic N) is 4. The number of piperidine rings is 1. The molecule has 0 radical (unpaired) electrons. The summed E-state index contributed by atoms with van der Waals surface area (Å²) in [7, 11) is 0. The predicted octanol–water partition coefficient (Wildman–Crippen LogP) is 3.72. The van der Waals surface area contributed by atoms with Crippen molar-refractivity contribution < 1.29 is 23.9 Å². The molecule has 3 heterocycles. The zero-order chi connectivity index (χ0) is 25.1. The summed E-state index contributed by atoms with van der Waals surface area (Å²) in [5.74, 6) is -1.20. The molecule has 1 aromatic carbocycles. The van der Waals surface area contributed by atoms with E-state index in [-0.39, 0.29) is 35.4 Å². The number of carboxylic acid groups (broad SMARTS) is 1. The third-order valence-corrected chi connectivity index (χ3v) is 7.22. The number of carbonyl (C=O) groups is 3. The van der Waals surface area contributed by atoms with E-state index in [4.69, 9.17) is 11.6 Å². The topological polar surface area (TPSA) is 94.0 Å². The fraction of sp³-hybridized carbons (Fsp3) is 0.440. The quantitative estimate of drug-likeness (QED) is 0.672. The van der Waals surface area contributed by atoms with Crippen molar-refractivity contribution in [3.63, 3.8) is 0 Å². The van der Waals surface area contributed by atoms with Crippen molar-refractivity contribution in [1.82, 2.24) is 19.7 Å². The molecule has 3 amide bonds. The van der Waals surface area contributed by atoms with Gasteiger partial charge in [0.2, 0.25) is 5.91 Å². The van der Waals surface area contributed by atoms with E-state index in [1.54, 1.807) is 28.9 Å². The number of hydrogen-bond donors (Lipinski definition) is 1. The second-order valence-electron chi connectivity index (χ2n) is 8.97. The Morgan fingerprint density at radius 1 is 1.09 bits per heavy atom. The number of pyridine rings is 1. The lowest BCUT2D eigenvalue weighted by Crippen LogP contribution is -2.46. The van der Waals surface area contributed by atoms with Gasteiger partial charge in [0, 0.05) is 49.6 Å². The normalized spacial score (nSPS) is 20.7. The zero-order valence-corrected chi connectivity index (χ0v) is 20.2. The lowest BCUT2D eigenvalue weighted by Gasteiger charge is -2.33. The Morgan fingerprint density at radius 3 is 2.34 bits per heavy atom. The fourth-order valence-electron chi connectivity index (χ4n) is 5.08. The van der Waals surface area contributed by atoms with Gasteiger partial charge in [0.05, 0.1) is 12.2 Å². The molecule has 4 rings (SSSR count). The van der Waals surface area contributed by atoms with Crippen LogP contribution in [0.1, 0.15) is 41.7 Å². The summed E-state index contributed by atoms with van der Waals surface area (Å²) in [5.41, 5.74) is 1.12. The molecule has 0 unspecified atom stereocenters. The lowest BCUT2D eigenvalue weighted by atomic mass is 9.93. The number of benzene rings is 1. The standard InChI is InChI=1S/C25H28ClFN4O4/c1-2-31(25(34)35)22-15-30(14-20(22)16-3-5-18(26)6-4-16)23(32)17-9-11-29(12-10-17)24(33)21-8-7-19(27)13-28-21/h3-8,13,17,20,22H,2,9-12,14-15H2,1H3,(H,34,35)/t20-,22+/m0/s1. The molecule has 10 heteroatoms. The van der Waals surface area contributed by atoms with Crippen molar-refractivity contribution >= 4 is 29.5 Å². The van der Waals surface area contributed by atoms with Gasteiger partial charge in [-0.25, -0.2) is 14.2 Å². The lowest BCUT2D eigenvalue weighted by molar-refractivity contribution is -0.136. The molecule has 2 aromatic rings. The van der Waals surface area contributed by atoms with Gasteiger partial charge in [0.15, 0.2) is 0 Å². The van der Waals surface area contributed by atoms with Crippen LogP contribution in [0.4, 0.5) is 9.18 Å². The number of carbonyl (C=O) groups excluding carboxylic acids is 2. The van der Waals surface area contributed by atoms with Crippen LogP contribution in [0.5, 0.6) is 0 Å². The first-order chi connectivity index (χ1) is 16.8. The molecule has 2 aliphatic rings. The first-order valence-electron chi connectivity index (χ1n) is 11.7. The summed E-state index contributed by atoms with van der Waals surface area (Å²) in [5, 5.41) is 10.3. The molecule has 1 N–H and O–H groups in total. The van der Waals surface area contributed by atoms with E-state index in [9.17, 15) is 23.9 Å². The van der Waals surface area contributed by atoms with Crippen LogP contribution >= 0.6 is 11.6 Å². The number of likely N-dealkylation sites (tertiary alicyclic amines) is 2. The summed E-state index contributed by atoms with van der Waals surface area (Å²) in [6.07, 6.45) is 1.03. The van der Waals surface area contributed by atoms with Gasteiger partial charge in [-0.2, -0.15) is 0 Å². The molecule has 0 aliphatic carbocycles. The largest absolute Gasteiger partial charge is 0.465 e. The van der Waals surface area contributed by atoms with E-state index in [2.05, 4.69) is 4.98 Å². The predicted molar refractivity (Wildman–Crippen MR) is 128 cm³/mol. The first kappa shape index (κ1) is 24.9. The highest BCUT2D eigenvalue weighted by atomic mass is 35.5. The number of amides is 3. The van der Waals surface area contributed by atoms with Crippen molar-refractivity contribution in [3.05, 3.63) is 64.7 Å². The molecule has 0 saturated carbocycles. The van der Waals surface area contributed by atoms with Crippen LogP contribution in [0.15, 0.2) is 42.6 Å². The molecule has 2 fully saturated rings. The second kappa shape index (κ2) is 10.6. The average molecular weight is 503 g/mol. The molecule has 2 saturated heterocycles. The maximum absolute atomic E-state index is 13.4. The molecule has 8 nitrogen and oxygen atoms in total. The summed E-state index contributed by atoms with van der Waals surface area (Å²) in [6, 6.07) is 9.53. The third kappa shape index (κ3) is 5.40. The van der Waals surface area contributed by atoms with Gasteiger partial charge >= 0.3 is 6.09 Å². The molecule has 0 spiro atoms. The van der Waals surface area contributed by atoms with Crippen molar-refractivity contribution in [1.29, 1.82) is 0 Å². The van der Waals surface area contributed by atoms with Gasteiger partial charge in [-0.1, -0.05) is 23.7 Å². The van der Waals surface area contributed by atoms with Crippen LogP contribution in [0.2, 0.25) is 5.02 Å². The molecule has 1 aromatic heterocycles. The molecule has 2 aliphatic heterocycles. The molecule has 186 valence electrons. The maximum atomic E-state index is 13.4. The monoisotopic (exact) mass is 502 g/mol. The van der Waals surface area contributed by atoms with Gasteiger partial charge in [-0.3, -0.25) is 9.59 Å². The van der Waals surface area contributed by atoms with E-state index < -0.39 is 11.9 Å². The van der Waals surface area contributed by atoms with E-state index in [0.717, 1.165) is 11.8 Å². The number of aromatic nitrogens is 1. The van der Waals surface area contributed by atoms with E-state index in [0.29, 0.717) is 50.6 Å². The van der Waals surface area contributed by atoms with Crippen molar-refractivity contribution in [3.8, 4) is 0 Å². The van der Waals surface area contributed by atoms with Gasteiger partial charge < -0.3 is 19.8 Å². The third-order valence-electron chi connectivity index (χ3n) is 6.96. The molecular formula is C25H28ClFN4O4. The Hall–Kier alpha value is -3.20. The van der Waals surface area contributed by atoms with E-state index in [1.807, 2.05) is 12.1 Å². The van der Waals surface area contributed by atoms with Crippen LogP contribution in [0, 0.1) is 11.7 Å². The number of halogens is 2. The van der Waals surface area contributed by atoms with Gasteiger partial charge in [-0.15, -0.1) is 0 Å². The van der Waals surface area contributed by atoms with Gasteiger partial charge in [0.25, 0.3) is 5.91 Å². The van der Waals surface area contributed by atoms with Crippen molar-refractivity contribution in [2.75, 3.05) is 32.7 Å². The molecule has 0 bridgehead atoms. The smallest absolute Gasteiger partial charge is 0.407 e. The van der Waals surface area contributed by atoms with Gasteiger partial charge in [0.1, 0.15) is 11.5 Å². The minimum absolute atomic E-state index is 0.0140. The maximum Gasteiger partial charge on any atom is 0.407 e. The Bertz CT molecular complexity index is 1070. The Kier molecular flexibility index (Phi) is 7.54. The van der Waals surface area contributed by atoms with Gasteiger partial charge in [-0.05, 0) is 49.6 Å². The highest BCUT2D eigenvalue weighted by Gasteiger charge is 2.42.